The first-order chi connectivity index (χ1) is 14.6. The van der Waals surface area contributed by atoms with E-state index in [0.717, 1.165) is 5.56 Å². The molecule has 0 radical (unpaired) electrons. The Bertz CT molecular complexity index is 980. The molecule has 154 valence electrons. The Morgan fingerprint density at radius 3 is 2.33 bits per heavy atom. The van der Waals surface area contributed by atoms with Gasteiger partial charge in [0.1, 0.15) is 11.8 Å². The molecule has 0 aliphatic rings. The van der Waals surface area contributed by atoms with Crippen LogP contribution < -0.4 is 10.1 Å². The lowest BCUT2D eigenvalue weighted by Crippen LogP contribution is -2.43. The van der Waals surface area contributed by atoms with Crippen LogP contribution in [0.25, 0.3) is 0 Å². The lowest BCUT2D eigenvalue weighted by Gasteiger charge is -2.17. The number of hydrogen-bond donors (Lipinski definition) is 1. The smallest absolute Gasteiger partial charge is 0.329 e. The van der Waals surface area contributed by atoms with Crippen LogP contribution in [0, 0.1) is 0 Å². The Hall–Kier alpha value is -3.87. The van der Waals surface area contributed by atoms with Gasteiger partial charge in [-0.2, -0.15) is 0 Å². The maximum Gasteiger partial charge on any atom is 0.329 e. The molecule has 0 saturated heterocycles. The number of hydrogen-bond acceptors (Lipinski definition) is 6. The topological polar surface area (TPSA) is 94.8 Å². The highest BCUT2D eigenvalue weighted by atomic mass is 16.5. The van der Waals surface area contributed by atoms with Crippen molar-refractivity contribution in [2.45, 2.75) is 12.5 Å². The van der Waals surface area contributed by atoms with Crippen molar-refractivity contribution in [1.82, 2.24) is 5.32 Å². The predicted molar refractivity (Wildman–Crippen MR) is 108 cm³/mol. The van der Waals surface area contributed by atoms with Gasteiger partial charge in [-0.05, 0) is 42.0 Å². The second-order valence-electron chi connectivity index (χ2n) is 6.45. The summed E-state index contributed by atoms with van der Waals surface area (Å²) in [5.41, 5.74) is 1.23. The summed E-state index contributed by atoms with van der Waals surface area (Å²) in [5, 5.41) is 2.61. The highest BCUT2D eigenvalue weighted by Crippen LogP contribution is 2.12. The second-order valence-corrected chi connectivity index (χ2v) is 6.45. The summed E-state index contributed by atoms with van der Waals surface area (Å²) in [7, 11) is 1.53. The Balaban J connectivity index is 1.65. The zero-order chi connectivity index (χ0) is 21.3. The van der Waals surface area contributed by atoms with Gasteiger partial charge in [-0.1, -0.05) is 30.3 Å². The third-order valence-corrected chi connectivity index (χ3v) is 4.37. The summed E-state index contributed by atoms with van der Waals surface area (Å²) in [4.78, 5) is 37.3. The van der Waals surface area contributed by atoms with Crippen LogP contribution in [0.2, 0.25) is 0 Å². The molecule has 7 heteroatoms. The van der Waals surface area contributed by atoms with Crippen LogP contribution in [0.4, 0.5) is 0 Å². The molecule has 1 N–H and O–H groups in total. The summed E-state index contributed by atoms with van der Waals surface area (Å²) in [6, 6.07) is 17.8. The summed E-state index contributed by atoms with van der Waals surface area (Å²) in [5.74, 6) is -0.913. The van der Waals surface area contributed by atoms with Crippen molar-refractivity contribution in [3.8, 4) is 5.75 Å². The van der Waals surface area contributed by atoms with Gasteiger partial charge in [0.25, 0.3) is 5.91 Å². The molecule has 0 fully saturated rings. The zero-order valence-corrected chi connectivity index (χ0v) is 16.4. The number of esters is 1. The molecule has 1 atom stereocenters. The molecule has 3 aromatic rings. The number of rotatable bonds is 9. The van der Waals surface area contributed by atoms with Crippen molar-refractivity contribution in [2.75, 3.05) is 13.7 Å². The van der Waals surface area contributed by atoms with E-state index >= 15 is 0 Å². The zero-order valence-electron chi connectivity index (χ0n) is 16.4. The largest absolute Gasteiger partial charge is 0.497 e. The third kappa shape index (κ3) is 5.57. The molecule has 0 unspecified atom stereocenters. The maximum atomic E-state index is 12.6. The molecule has 30 heavy (non-hydrogen) atoms. The van der Waals surface area contributed by atoms with E-state index in [-0.39, 0.29) is 18.0 Å². The number of amides is 1. The van der Waals surface area contributed by atoms with Gasteiger partial charge >= 0.3 is 5.97 Å². The van der Waals surface area contributed by atoms with Gasteiger partial charge < -0.3 is 19.2 Å². The van der Waals surface area contributed by atoms with E-state index in [0.29, 0.717) is 11.3 Å². The molecular weight excluding hydrogens is 386 g/mol. The fraction of sp³-hybridized carbons (Fsp3) is 0.174. The Morgan fingerprint density at radius 2 is 1.70 bits per heavy atom. The summed E-state index contributed by atoms with van der Waals surface area (Å²) in [6.45, 7) is -0.437. The van der Waals surface area contributed by atoms with Crippen molar-refractivity contribution in [1.29, 1.82) is 0 Å². The van der Waals surface area contributed by atoms with E-state index in [9.17, 15) is 14.4 Å². The van der Waals surface area contributed by atoms with E-state index < -0.39 is 24.5 Å². The van der Waals surface area contributed by atoms with Crippen molar-refractivity contribution in [3.63, 3.8) is 0 Å². The molecule has 1 amide bonds. The standard InChI is InChI=1S/C23H21NO6/c1-28-18-11-9-17(10-12-18)20(25)15-30-23(27)19(14-16-6-3-2-4-7-16)24-22(26)21-8-5-13-29-21/h2-13,19H,14-15H2,1H3,(H,24,26)/t19-/m0/s1. The maximum absolute atomic E-state index is 12.6. The van der Waals surface area contributed by atoms with Crippen LogP contribution in [0.15, 0.2) is 77.4 Å². The Kier molecular flexibility index (Phi) is 7.00. The van der Waals surface area contributed by atoms with Crippen molar-refractivity contribution in [2.24, 2.45) is 0 Å². The summed E-state index contributed by atoms with van der Waals surface area (Å²) < 4.78 is 15.3. The van der Waals surface area contributed by atoms with Gasteiger partial charge in [0.05, 0.1) is 13.4 Å². The Labute approximate surface area is 173 Å². The monoisotopic (exact) mass is 407 g/mol. The number of Topliss-reactive ketones (excluding diaryl/α,β-unsaturated/α-hetero) is 1. The lowest BCUT2D eigenvalue weighted by atomic mass is 10.1. The molecule has 0 spiro atoms. The van der Waals surface area contributed by atoms with Crippen LogP contribution in [0.1, 0.15) is 26.5 Å². The quantitative estimate of drug-likeness (QED) is 0.433. The first-order valence-corrected chi connectivity index (χ1v) is 9.29. The van der Waals surface area contributed by atoms with E-state index in [1.54, 1.807) is 30.3 Å². The van der Waals surface area contributed by atoms with Crippen molar-refractivity contribution < 1.29 is 28.3 Å². The van der Waals surface area contributed by atoms with Crippen LogP contribution in [-0.4, -0.2) is 37.4 Å². The number of carbonyl (C=O) groups excluding carboxylic acids is 3. The average molecular weight is 407 g/mol. The highest BCUT2D eigenvalue weighted by molar-refractivity contribution is 5.99. The van der Waals surface area contributed by atoms with Crippen LogP contribution in [0.5, 0.6) is 5.75 Å². The number of methoxy groups -OCH3 is 1. The predicted octanol–water partition coefficient (Wildman–Crippen LogP) is 3.06. The van der Waals surface area contributed by atoms with Crippen LogP contribution in [-0.2, 0) is 16.0 Å². The number of benzene rings is 2. The number of ketones is 1. The minimum atomic E-state index is -0.978. The molecule has 0 aliphatic heterocycles. The first kappa shape index (κ1) is 20.9. The van der Waals surface area contributed by atoms with E-state index in [4.69, 9.17) is 13.9 Å². The van der Waals surface area contributed by atoms with E-state index in [1.807, 2.05) is 30.3 Å². The minimum absolute atomic E-state index is 0.0789. The SMILES string of the molecule is COc1ccc(C(=O)COC(=O)[C@H](Cc2ccccc2)NC(=O)c2ccco2)cc1. The molecule has 0 saturated carbocycles. The van der Waals surface area contributed by atoms with Gasteiger partial charge in [-0.3, -0.25) is 9.59 Å². The number of nitrogens with one attached hydrogen (secondary N) is 1. The van der Waals surface area contributed by atoms with Crippen LogP contribution in [0.3, 0.4) is 0 Å². The average Bonchev–Trinajstić information content (AvgIpc) is 3.32. The molecule has 0 bridgehead atoms. The first-order valence-electron chi connectivity index (χ1n) is 9.29. The molecule has 3 rings (SSSR count). The summed E-state index contributed by atoms with van der Waals surface area (Å²) >= 11 is 0. The fourth-order valence-corrected chi connectivity index (χ4v) is 2.78. The lowest BCUT2D eigenvalue weighted by molar-refractivity contribution is -0.144. The molecular formula is C23H21NO6. The number of carbonyl (C=O) groups is 3. The molecule has 0 aliphatic carbocycles. The van der Waals surface area contributed by atoms with Gasteiger partial charge in [0.2, 0.25) is 0 Å². The number of ether oxygens (including phenoxy) is 2. The van der Waals surface area contributed by atoms with Gasteiger partial charge in [0.15, 0.2) is 18.2 Å². The fourth-order valence-electron chi connectivity index (χ4n) is 2.78. The van der Waals surface area contributed by atoms with Crippen LogP contribution >= 0.6 is 0 Å². The van der Waals surface area contributed by atoms with Crippen molar-refractivity contribution in [3.05, 3.63) is 89.9 Å². The molecule has 2 aromatic carbocycles. The third-order valence-electron chi connectivity index (χ3n) is 4.37. The van der Waals surface area contributed by atoms with Gasteiger partial charge in [-0.15, -0.1) is 0 Å². The minimum Gasteiger partial charge on any atom is -0.497 e. The molecule has 7 nitrogen and oxygen atoms in total. The highest BCUT2D eigenvalue weighted by Gasteiger charge is 2.25. The Morgan fingerprint density at radius 1 is 0.967 bits per heavy atom. The second kappa shape index (κ2) is 10.1. The number of furan rings is 1. The normalized spacial score (nSPS) is 11.4. The molecule has 1 aromatic heterocycles. The summed E-state index contributed by atoms with van der Waals surface area (Å²) in [6.07, 6.45) is 1.58. The van der Waals surface area contributed by atoms with E-state index in [1.165, 1.54) is 19.4 Å². The van der Waals surface area contributed by atoms with Crippen molar-refractivity contribution >= 4 is 17.7 Å². The van der Waals surface area contributed by atoms with Gasteiger partial charge in [-0.25, -0.2) is 4.79 Å². The molecule has 1 heterocycles. The van der Waals surface area contributed by atoms with Gasteiger partial charge in [0, 0.05) is 12.0 Å². The van der Waals surface area contributed by atoms with E-state index in [2.05, 4.69) is 5.32 Å².